The number of hydrogen-bond acceptors (Lipinski definition) is 7. The van der Waals surface area contributed by atoms with Crippen LogP contribution in [0.5, 0.6) is 0 Å². The van der Waals surface area contributed by atoms with Gasteiger partial charge in [0.25, 0.3) is 5.22 Å². The molecule has 2 heterocycles. The monoisotopic (exact) mass is 406 g/mol. The molecular formula is C22H22N4O2S. The summed E-state index contributed by atoms with van der Waals surface area (Å²) in [6.45, 7) is 8.53. The Morgan fingerprint density at radius 2 is 1.62 bits per heavy atom. The lowest BCUT2D eigenvalue weighted by atomic mass is 9.87. The summed E-state index contributed by atoms with van der Waals surface area (Å²) in [6.07, 6.45) is 0. The lowest BCUT2D eigenvalue weighted by Crippen LogP contribution is -2.10. The van der Waals surface area contributed by atoms with Gasteiger partial charge in [0, 0.05) is 11.1 Å². The average molecular weight is 407 g/mol. The van der Waals surface area contributed by atoms with E-state index in [1.807, 2.05) is 49.4 Å². The summed E-state index contributed by atoms with van der Waals surface area (Å²) >= 11 is 1.39. The average Bonchev–Trinajstić information content (AvgIpc) is 3.38. The number of benzene rings is 2. The molecule has 6 nitrogen and oxygen atoms in total. The van der Waals surface area contributed by atoms with Gasteiger partial charge < -0.3 is 8.94 Å². The van der Waals surface area contributed by atoms with Crippen molar-refractivity contribution in [3.63, 3.8) is 0 Å². The molecule has 2 aromatic heterocycles. The Morgan fingerprint density at radius 3 is 2.31 bits per heavy atom. The van der Waals surface area contributed by atoms with Crippen LogP contribution in [0.1, 0.15) is 44.4 Å². The van der Waals surface area contributed by atoms with Crippen LogP contribution >= 0.6 is 11.8 Å². The first-order chi connectivity index (χ1) is 13.9. The minimum atomic E-state index is -0.114. The van der Waals surface area contributed by atoms with Crippen molar-refractivity contribution < 1.29 is 8.94 Å². The second kappa shape index (κ2) is 7.83. The van der Waals surface area contributed by atoms with Gasteiger partial charge in [-0.05, 0) is 30.0 Å². The lowest BCUT2D eigenvalue weighted by Gasteiger charge is -2.18. The Labute approximate surface area is 173 Å². The van der Waals surface area contributed by atoms with Crippen molar-refractivity contribution in [2.75, 3.05) is 0 Å². The quantitative estimate of drug-likeness (QED) is 0.380. The van der Waals surface area contributed by atoms with Gasteiger partial charge in [0.05, 0.1) is 5.25 Å². The van der Waals surface area contributed by atoms with E-state index in [0.717, 1.165) is 11.1 Å². The molecule has 0 aliphatic carbocycles. The summed E-state index contributed by atoms with van der Waals surface area (Å²) in [7, 11) is 0. The van der Waals surface area contributed by atoms with Gasteiger partial charge in [-0.2, -0.15) is 4.98 Å². The van der Waals surface area contributed by atoms with Crippen LogP contribution in [0.2, 0.25) is 0 Å². The van der Waals surface area contributed by atoms with Crippen molar-refractivity contribution in [2.24, 2.45) is 0 Å². The molecule has 29 heavy (non-hydrogen) atoms. The van der Waals surface area contributed by atoms with Crippen LogP contribution in [-0.2, 0) is 5.41 Å². The molecule has 0 saturated carbocycles. The number of nitrogens with zero attached hydrogens (tertiary/aromatic N) is 4. The van der Waals surface area contributed by atoms with E-state index in [9.17, 15) is 0 Å². The van der Waals surface area contributed by atoms with Crippen LogP contribution in [0, 0.1) is 0 Å². The van der Waals surface area contributed by atoms with Crippen molar-refractivity contribution >= 4 is 11.8 Å². The summed E-state index contributed by atoms with van der Waals surface area (Å²) in [4.78, 5) is 4.49. The van der Waals surface area contributed by atoms with Gasteiger partial charge in [-0.1, -0.05) is 80.2 Å². The van der Waals surface area contributed by atoms with Crippen LogP contribution < -0.4 is 0 Å². The molecule has 0 aliphatic heterocycles. The summed E-state index contributed by atoms with van der Waals surface area (Å²) in [5.41, 5.74) is 3.18. The zero-order valence-corrected chi connectivity index (χ0v) is 17.6. The van der Waals surface area contributed by atoms with Crippen molar-refractivity contribution in [2.45, 2.75) is 43.6 Å². The molecule has 0 radical (unpaired) electrons. The van der Waals surface area contributed by atoms with E-state index in [0.29, 0.717) is 22.8 Å². The predicted molar refractivity (Wildman–Crippen MR) is 112 cm³/mol. The lowest BCUT2D eigenvalue weighted by molar-refractivity contribution is 0.379. The summed E-state index contributed by atoms with van der Waals surface area (Å²) in [5, 5.41) is 12.7. The first kappa shape index (κ1) is 19.4. The SMILES string of the molecule is C[C@@H](Sc1nnc(-c2ccc(C(C)(C)C)cc2)o1)c1nc(-c2ccccc2)no1. The standard InChI is InChI=1S/C22H22N4O2S/c1-14(19-23-18(26-28-19)15-8-6-5-7-9-15)29-21-25-24-20(27-21)16-10-12-17(13-11-16)22(2,3)4/h5-14H,1-4H3/t14-/m1/s1. The zero-order valence-electron chi connectivity index (χ0n) is 16.8. The van der Waals surface area contributed by atoms with Gasteiger partial charge in [-0.25, -0.2) is 0 Å². The smallest absolute Gasteiger partial charge is 0.277 e. The third kappa shape index (κ3) is 4.40. The normalized spacial score (nSPS) is 12.8. The number of hydrogen-bond donors (Lipinski definition) is 0. The molecule has 0 unspecified atom stereocenters. The van der Waals surface area contributed by atoms with Gasteiger partial charge in [-0.15, -0.1) is 10.2 Å². The molecule has 1 atom stereocenters. The second-order valence-corrected chi connectivity index (χ2v) is 9.07. The Morgan fingerprint density at radius 1 is 0.897 bits per heavy atom. The van der Waals surface area contributed by atoms with Crippen LogP contribution in [0.25, 0.3) is 22.8 Å². The Hall–Kier alpha value is -2.93. The predicted octanol–water partition coefficient (Wildman–Crippen LogP) is 5.94. The molecular weight excluding hydrogens is 384 g/mol. The molecule has 0 spiro atoms. The van der Waals surface area contributed by atoms with Crippen molar-refractivity contribution in [1.82, 2.24) is 20.3 Å². The summed E-state index contributed by atoms with van der Waals surface area (Å²) in [5.74, 6) is 1.58. The van der Waals surface area contributed by atoms with E-state index in [1.165, 1.54) is 17.3 Å². The van der Waals surface area contributed by atoms with E-state index < -0.39 is 0 Å². The fourth-order valence-electron chi connectivity index (χ4n) is 2.79. The Kier molecular flexibility index (Phi) is 5.24. The molecule has 0 fully saturated rings. The minimum absolute atomic E-state index is 0.104. The molecule has 148 valence electrons. The summed E-state index contributed by atoms with van der Waals surface area (Å²) in [6, 6.07) is 17.9. The van der Waals surface area contributed by atoms with E-state index in [2.05, 4.69) is 53.2 Å². The molecule has 0 aliphatic rings. The van der Waals surface area contributed by atoms with E-state index >= 15 is 0 Å². The van der Waals surface area contributed by atoms with Crippen molar-refractivity contribution in [1.29, 1.82) is 0 Å². The number of aromatic nitrogens is 4. The third-order valence-corrected chi connectivity index (χ3v) is 5.43. The highest BCUT2D eigenvalue weighted by atomic mass is 32.2. The molecule has 0 N–H and O–H groups in total. The maximum atomic E-state index is 5.83. The molecule has 0 amide bonds. The van der Waals surface area contributed by atoms with Gasteiger partial charge in [0.1, 0.15) is 0 Å². The molecule has 2 aromatic carbocycles. The molecule has 7 heteroatoms. The van der Waals surface area contributed by atoms with E-state index in [4.69, 9.17) is 8.94 Å². The van der Waals surface area contributed by atoms with E-state index in [-0.39, 0.29) is 10.7 Å². The molecule has 0 bridgehead atoms. The van der Waals surface area contributed by atoms with Gasteiger partial charge >= 0.3 is 0 Å². The third-order valence-electron chi connectivity index (χ3n) is 4.50. The highest BCUT2D eigenvalue weighted by Crippen LogP contribution is 2.35. The maximum Gasteiger partial charge on any atom is 0.277 e. The highest BCUT2D eigenvalue weighted by molar-refractivity contribution is 7.99. The maximum absolute atomic E-state index is 5.83. The second-order valence-electron chi connectivity index (χ2n) is 7.78. The fourth-order valence-corrected chi connectivity index (χ4v) is 3.51. The van der Waals surface area contributed by atoms with Gasteiger partial charge in [-0.3, -0.25) is 0 Å². The summed E-state index contributed by atoms with van der Waals surface area (Å²) < 4.78 is 11.2. The van der Waals surface area contributed by atoms with Crippen LogP contribution in [0.15, 0.2) is 68.8 Å². The fraction of sp³-hybridized carbons (Fsp3) is 0.273. The van der Waals surface area contributed by atoms with Gasteiger partial charge in [0.2, 0.25) is 17.6 Å². The topological polar surface area (TPSA) is 77.8 Å². The zero-order chi connectivity index (χ0) is 20.4. The van der Waals surface area contributed by atoms with Crippen LogP contribution in [-0.4, -0.2) is 20.3 Å². The van der Waals surface area contributed by atoms with Crippen LogP contribution in [0.3, 0.4) is 0 Å². The molecule has 4 aromatic rings. The first-order valence-electron chi connectivity index (χ1n) is 9.40. The largest absolute Gasteiger partial charge is 0.411 e. The van der Waals surface area contributed by atoms with Crippen molar-refractivity contribution in [3.05, 3.63) is 66.1 Å². The Bertz CT molecular complexity index is 1080. The highest BCUT2D eigenvalue weighted by Gasteiger charge is 2.20. The van der Waals surface area contributed by atoms with Gasteiger partial charge in [0.15, 0.2) is 0 Å². The first-order valence-corrected chi connectivity index (χ1v) is 10.3. The minimum Gasteiger partial charge on any atom is -0.411 e. The molecule has 4 rings (SSSR count). The number of rotatable bonds is 5. The van der Waals surface area contributed by atoms with E-state index in [1.54, 1.807) is 0 Å². The van der Waals surface area contributed by atoms with Crippen LogP contribution in [0.4, 0.5) is 0 Å². The molecule has 0 saturated heterocycles. The number of thioether (sulfide) groups is 1. The van der Waals surface area contributed by atoms with Crippen molar-refractivity contribution in [3.8, 4) is 22.8 Å². The Balaban J connectivity index is 1.46.